The average Bonchev–Trinajstić information content (AvgIpc) is 2.59. The molecule has 27 heavy (non-hydrogen) atoms. The summed E-state index contributed by atoms with van der Waals surface area (Å²) < 4.78 is 6.33. The molecule has 1 aliphatic rings. The third-order valence-corrected chi connectivity index (χ3v) is 4.90. The lowest BCUT2D eigenvalue weighted by atomic mass is 9.87. The van der Waals surface area contributed by atoms with Crippen molar-refractivity contribution in [2.45, 2.75) is 34.1 Å². The Labute approximate surface area is 158 Å². The fourth-order valence-electron chi connectivity index (χ4n) is 3.85. The monoisotopic (exact) mass is 355 g/mol. The molecular weight excluding hydrogens is 334 g/mol. The number of hydrogen-bond donors (Lipinski definition) is 0. The lowest BCUT2D eigenvalue weighted by molar-refractivity contribution is 0.410. The van der Waals surface area contributed by atoms with Gasteiger partial charge in [-0.2, -0.15) is 0 Å². The van der Waals surface area contributed by atoms with E-state index in [1.54, 1.807) is 6.33 Å². The molecule has 0 bridgehead atoms. The maximum absolute atomic E-state index is 6.33. The highest BCUT2D eigenvalue weighted by Crippen LogP contribution is 2.46. The molecule has 0 amide bonds. The number of rotatable bonds is 1. The van der Waals surface area contributed by atoms with Gasteiger partial charge >= 0.3 is 0 Å². The van der Waals surface area contributed by atoms with Crippen LogP contribution in [0.1, 0.15) is 32.0 Å². The summed E-state index contributed by atoms with van der Waals surface area (Å²) in [5, 5.41) is 2.07. The SMILES string of the molecule is Cc1ccc2cc3c(cc2n1)Oc1cc(CC(C)(C)C)cc2ncnc-3c12. The summed E-state index contributed by atoms with van der Waals surface area (Å²) in [5.41, 5.74) is 6.22. The molecule has 0 radical (unpaired) electrons. The Morgan fingerprint density at radius 2 is 1.78 bits per heavy atom. The molecule has 4 aromatic rings. The first-order valence-corrected chi connectivity index (χ1v) is 9.25. The van der Waals surface area contributed by atoms with Gasteiger partial charge in [-0.15, -0.1) is 0 Å². The first-order valence-electron chi connectivity index (χ1n) is 9.25. The zero-order chi connectivity index (χ0) is 18.8. The first-order chi connectivity index (χ1) is 12.9. The van der Waals surface area contributed by atoms with Gasteiger partial charge in [0.2, 0.25) is 0 Å². The Kier molecular flexibility index (Phi) is 3.29. The summed E-state index contributed by atoms with van der Waals surface area (Å²) in [6.07, 6.45) is 2.61. The Balaban J connectivity index is 1.76. The molecule has 0 spiro atoms. The zero-order valence-electron chi connectivity index (χ0n) is 16.0. The van der Waals surface area contributed by atoms with Crippen LogP contribution < -0.4 is 4.74 Å². The van der Waals surface area contributed by atoms with E-state index in [0.29, 0.717) is 0 Å². The number of ether oxygens (including phenoxy) is 1. The summed E-state index contributed by atoms with van der Waals surface area (Å²) >= 11 is 0. The molecule has 5 rings (SSSR count). The van der Waals surface area contributed by atoms with Gasteiger partial charge in [0, 0.05) is 22.7 Å². The number of fused-ring (bicyclic) bond motifs is 3. The molecule has 0 saturated heterocycles. The van der Waals surface area contributed by atoms with Crippen LogP contribution >= 0.6 is 0 Å². The molecule has 3 heterocycles. The van der Waals surface area contributed by atoms with Crippen molar-refractivity contribution in [3.63, 3.8) is 0 Å². The number of aromatic nitrogens is 3. The highest BCUT2D eigenvalue weighted by molar-refractivity contribution is 6.03. The van der Waals surface area contributed by atoms with E-state index in [1.807, 2.05) is 19.1 Å². The number of nitrogens with zero attached hydrogens (tertiary/aromatic N) is 3. The van der Waals surface area contributed by atoms with Crippen LogP contribution in [0.2, 0.25) is 0 Å². The van der Waals surface area contributed by atoms with Gasteiger partial charge in [0.25, 0.3) is 0 Å². The Hall–Kier alpha value is -3.01. The number of pyridine rings is 1. The van der Waals surface area contributed by atoms with E-state index in [-0.39, 0.29) is 5.41 Å². The van der Waals surface area contributed by atoms with Crippen molar-refractivity contribution < 1.29 is 4.74 Å². The zero-order valence-corrected chi connectivity index (χ0v) is 16.0. The van der Waals surface area contributed by atoms with E-state index in [9.17, 15) is 0 Å². The molecule has 2 aromatic heterocycles. The molecule has 2 aromatic carbocycles. The second-order valence-electron chi connectivity index (χ2n) is 8.54. The maximum atomic E-state index is 6.33. The molecule has 0 fully saturated rings. The van der Waals surface area contributed by atoms with Crippen molar-refractivity contribution in [1.82, 2.24) is 15.0 Å². The van der Waals surface area contributed by atoms with Gasteiger partial charge in [0.15, 0.2) is 0 Å². The topological polar surface area (TPSA) is 47.9 Å². The van der Waals surface area contributed by atoms with Gasteiger partial charge in [-0.1, -0.05) is 26.8 Å². The van der Waals surface area contributed by atoms with E-state index in [0.717, 1.165) is 56.7 Å². The fraction of sp³-hybridized carbons (Fsp3) is 0.261. The third kappa shape index (κ3) is 2.72. The van der Waals surface area contributed by atoms with Crippen LogP contribution in [0.3, 0.4) is 0 Å². The van der Waals surface area contributed by atoms with Crippen LogP contribution in [0.4, 0.5) is 0 Å². The third-order valence-electron chi connectivity index (χ3n) is 4.90. The molecule has 0 N–H and O–H groups in total. The van der Waals surface area contributed by atoms with Gasteiger partial charge in [-0.3, -0.25) is 4.98 Å². The van der Waals surface area contributed by atoms with Gasteiger partial charge in [0.1, 0.15) is 17.8 Å². The van der Waals surface area contributed by atoms with E-state index < -0.39 is 0 Å². The highest BCUT2D eigenvalue weighted by Gasteiger charge is 2.24. The van der Waals surface area contributed by atoms with Crippen molar-refractivity contribution in [1.29, 1.82) is 0 Å². The number of aryl methyl sites for hydroxylation is 1. The van der Waals surface area contributed by atoms with Gasteiger partial charge in [-0.05, 0) is 48.6 Å². The van der Waals surface area contributed by atoms with Crippen molar-refractivity contribution in [3.05, 3.63) is 54.0 Å². The van der Waals surface area contributed by atoms with Crippen molar-refractivity contribution in [3.8, 4) is 22.8 Å². The second-order valence-corrected chi connectivity index (χ2v) is 8.54. The minimum Gasteiger partial charge on any atom is -0.456 e. The average molecular weight is 355 g/mol. The van der Waals surface area contributed by atoms with Crippen LogP contribution in [0.15, 0.2) is 42.7 Å². The van der Waals surface area contributed by atoms with E-state index in [2.05, 4.69) is 60.0 Å². The van der Waals surface area contributed by atoms with Crippen molar-refractivity contribution >= 4 is 21.8 Å². The molecule has 1 aliphatic heterocycles. The Morgan fingerprint density at radius 1 is 0.926 bits per heavy atom. The Morgan fingerprint density at radius 3 is 2.59 bits per heavy atom. The smallest absolute Gasteiger partial charge is 0.139 e. The maximum Gasteiger partial charge on any atom is 0.139 e. The minimum atomic E-state index is 0.195. The fourth-order valence-corrected chi connectivity index (χ4v) is 3.85. The van der Waals surface area contributed by atoms with Crippen LogP contribution in [0, 0.1) is 12.3 Å². The molecule has 0 saturated carbocycles. The predicted molar refractivity (Wildman–Crippen MR) is 108 cm³/mol. The number of benzene rings is 2. The quantitative estimate of drug-likeness (QED) is 0.378. The molecule has 0 unspecified atom stereocenters. The van der Waals surface area contributed by atoms with Crippen LogP contribution in [-0.4, -0.2) is 15.0 Å². The normalized spacial score (nSPS) is 12.9. The molecule has 134 valence electrons. The van der Waals surface area contributed by atoms with Crippen LogP contribution in [0.5, 0.6) is 11.5 Å². The van der Waals surface area contributed by atoms with E-state index in [4.69, 9.17) is 4.74 Å². The number of hydrogen-bond acceptors (Lipinski definition) is 4. The van der Waals surface area contributed by atoms with Crippen molar-refractivity contribution in [2.24, 2.45) is 5.41 Å². The first kappa shape index (κ1) is 16.2. The second kappa shape index (κ2) is 5.49. The summed E-state index contributed by atoms with van der Waals surface area (Å²) in [6.45, 7) is 8.72. The highest BCUT2D eigenvalue weighted by atomic mass is 16.5. The predicted octanol–water partition coefficient (Wildman–Crippen LogP) is 5.85. The Bertz CT molecular complexity index is 1220. The molecule has 0 atom stereocenters. The summed E-state index contributed by atoms with van der Waals surface area (Å²) in [5.74, 6) is 1.64. The summed E-state index contributed by atoms with van der Waals surface area (Å²) in [6, 6.07) is 12.6. The lowest BCUT2D eigenvalue weighted by Crippen LogP contribution is -2.10. The molecule has 4 heteroatoms. The molecule has 0 aliphatic carbocycles. The summed E-state index contributed by atoms with van der Waals surface area (Å²) in [7, 11) is 0. The van der Waals surface area contributed by atoms with E-state index in [1.165, 1.54) is 5.56 Å². The summed E-state index contributed by atoms with van der Waals surface area (Å²) in [4.78, 5) is 13.8. The lowest BCUT2D eigenvalue weighted by Gasteiger charge is -2.23. The minimum absolute atomic E-state index is 0.195. The van der Waals surface area contributed by atoms with Gasteiger partial charge in [-0.25, -0.2) is 9.97 Å². The van der Waals surface area contributed by atoms with E-state index >= 15 is 0 Å². The largest absolute Gasteiger partial charge is 0.456 e. The van der Waals surface area contributed by atoms with Crippen molar-refractivity contribution in [2.75, 3.05) is 0 Å². The molecule has 4 nitrogen and oxygen atoms in total. The standard InChI is InChI=1S/C23H21N3O/c1-13-5-6-15-9-16-19(10-17(15)26-13)27-20-8-14(11-23(2,3)4)7-18-21(20)22(16)25-12-24-18/h5-10,12H,11H2,1-4H3. The van der Waals surface area contributed by atoms with Crippen LogP contribution in [-0.2, 0) is 6.42 Å². The van der Waals surface area contributed by atoms with Gasteiger partial charge < -0.3 is 4.74 Å². The van der Waals surface area contributed by atoms with Gasteiger partial charge in [0.05, 0.1) is 22.1 Å². The van der Waals surface area contributed by atoms with Crippen LogP contribution in [0.25, 0.3) is 33.1 Å². The molecular formula is C23H21N3O.